The van der Waals surface area contributed by atoms with Crippen LogP contribution >= 0.6 is 11.6 Å². The third-order valence-corrected chi connectivity index (χ3v) is 3.24. The van der Waals surface area contributed by atoms with Crippen molar-refractivity contribution in [2.75, 3.05) is 11.1 Å². The number of benzene rings is 2. The van der Waals surface area contributed by atoms with E-state index in [-0.39, 0.29) is 5.91 Å². The summed E-state index contributed by atoms with van der Waals surface area (Å²) in [6.07, 6.45) is 0.860. The van der Waals surface area contributed by atoms with Crippen LogP contribution in [-0.4, -0.2) is 5.91 Å². The largest absolute Gasteiger partial charge is 0.398 e. The number of carbonyl (C=O) groups excluding carboxylic acids is 1. The normalized spacial score (nSPS) is 10.2. The van der Waals surface area contributed by atoms with Gasteiger partial charge in [-0.15, -0.1) is 0 Å². The van der Waals surface area contributed by atoms with Crippen molar-refractivity contribution in [1.29, 1.82) is 0 Å². The molecule has 19 heavy (non-hydrogen) atoms. The molecule has 3 nitrogen and oxygen atoms in total. The number of anilines is 2. The summed E-state index contributed by atoms with van der Waals surface area (Å²) in [5.74, 6) is -0.192. The molecule has 0 saturated carbocycles. The van der Waals surface area contributed by atoms with Crippen LogP contribution < -0.4 is 11.1 Å². The van der Waals surface area contributed by atoms with Crippen molar-refractivity contribution in [2.24, 2.45) is 0 Å². The Labute approximate surface area is 117 Å². The van der Waals surface area contributed by atoms with Crippen molar-refractivity contribution in [2.45, 2.75) is 13.3 Å². The van der Waals surface area contributed by atoms with E-state index >= 15 is 0 Å². The van der Waals surface area contributed by atoms with Gasteiger partial charge < -0.3 is 11.1 Å². The molecule has 0 fully saturated rings. The van der Waals surface area contributed by atoms with Crippen LogP contribution in [0.4, 0.5) is 11.4 Å². The molecule has 3 N–H and O–H groups in total. The lowest BCUT2D eigenvalue weighted by Crippen LogP contribution is -2.13. The molecule has 0 bridgehead atoms. The van der Waals surface area contributed by atoms with Crippen molar-refractivity contribution in [3.8, 4) is 0 Å². The van der Waals surface area contributed by atoms with Crippen LogP contribution in [0.3, 0.4) is 0 Å². The zero-order valence-electron chi connectivity index (χ0n) is 10.6. The van der Waals surface area contributed by atoms with Gasteiger partial charge in [-0.25, -0.2) is 0 Å². The zero-order chi connectivity index (χ0) is 13.8. The minimum Gasteiger partial charge on any atom is -0.398 e. The Balaban J connectivity index is 2.23. The number of amides is 1. The molecule has 0 spiro atoms. The van der Waals surface area contributed by atoms with Crippen LogP contribution in [0.15, 0.2) is 42.5 Å². The molecule has 0 aromatic heterocycles. The van der Waals surface area contributed by atoms with Gasteiger partial charge in [0.15, 0.2) is 0 Å². The highest BCUT2D eigenvalue weighted by Crippen LogP contribution is 2.21. The summed E-state index contributed by atoms with van der Waals surface area (Å²) in [7, 11) is 0. The summed E-state index contributed by atoms with van der Waals surface area (Å²) >= 11 is 5.91. The Morgan fingerprint density at radius 2 is 2.00 bits per heavy atom. The number of para-hydroxylation sites is 1. The molecule has 0 unspecified atom stereocenters. The molecule has 0 radical (unpaired) electrons. The van der Waals surface area contributed by atoms with Gasteiger partial charge >= 0.3 is 0 Å². The molecule has 1 amide bonds. The van der Waals surface area contributed by atoms with E-state index in [0.717, 1.165) is 17.7 Å². The van der Waals surface area contributed by atoms with Gasteiger partial charge in [-0.1, -0.05) is 36.7 Å². The van der Waals surface area contributed by atoms with Crippen molar-refractivity contribution in [3.63, 3.8) is 0 Å². The van der Waals surface area contributed by atoms with Crippen molar-refractivity contribution >= 4 is 28.9 Å². The summed E-state index contributed by atoms with van der Waals surface area (Å²) in [6, 6.07) is 12.6. The number of rotatable bonds is 3. The topological polar surface area (TPSA) is 55.1 Å². The number of aryl methyl sites for hydroxylation is 1. The van der Waals surface area contributed by atoms with Crippen LogP contribution in [-0.2, 0) is 6.42 Å². The lowest BCUT2D eigenvalue weighted by Gasteiger charge is -2.10. The fourth-order valence-corrected chi connectivity index (χ4v) is 1.99. The van der Waals surface area contributed by atoms with Crippen LogP contribution in [0.25, 0.3) is 0 Å². The second-order valence-electron chi connectivity index (χ2n) is 4.20. The maximum atomic E-state index is 12.1. The van der Waals surface area contributed by atoms with Gasteiger partial charge in [0, 0.05) is 11.3 Å². The highest BCUT2D eigenvalue weighted by atomic mass is 35.5. The second kappa shape index (κ2) is 5.76. The average Bonchev–Trinajstić information content (AvgIpc) is 2.42. The molecule has 0 heterocycles. The number of halogens is 1. The first-order chi connectivity index (χ1) is 9.11. The predicted octanol–water partition coefficient (Wildman–Crippen LogP) is 3.74. The molecule has 0 aliphatic rings. The minimum absolute atomic E-state index is 0.192. The third kappa shape index (κ3) is 3.06. The monoisotopic (exact) mass is 274 g/mol. The number of hydrogen-bond acceptors (Lipinski definition) is 2. The van der Waals surface area contributed by atoms with Crippen molar-refractivity contribution < 1.29 is 4.79 Å². The van der Waals surface area contributed by atoms with Crippen LogP contribution in [0, 0.1) is 0 Å². The molecule has 0 aliphatic carbocycles. The molecule has 2 aromatic carbocycles. The van der Waals surface area contributed by atoms with E-state index in [0.29, 0.717) is 16.3 Å². The second-order valence-corrected chi connectivity index (χ2v) is 4.61. The summed E-state index contributed by atoms with van der Waals surface area (Å²) in [4.78, 5) is 12.1. The molecular formula is C15H15ClN2O. The van der Waals surface area contributed by atoms with Gasteiger partial charge in [0.1, 0.15) is 0 Å². The van der Waals surface area contributed by atoms with E-state index in [1.54, 1.807) is 18.2 Å². The predicted molar refractivity (Wildman–Crippen MR) is 79.6 cm³/mol. The van der Waals surface area contributed by atoms with Crippen LogP contribution in [0.5, 0.6) is 0 Å². The molecule has 2 aromatic rings. The Bertz CT molecular complexity index is 611. The number of hydrogen-bond donors (Lipinski definition) is 2. The summed E-state index contributed by atoms with van der Waals surface area (Å²) in [5.41, 5.74) is 8.50. The van der Waals surface area contributed by atoms with E-state index in [2.05, 4.69) is 5.32 Å². The zero-order valence-corrected chi connectivity index (χ0v) is 11.4. The minimum atomic E-state index is -0.192. The van der Waals surface area contributed by atoms with Gasteiger partial charge in [0.05, 0.1) is 10.7 Å². The van der Waals surface area contributed by atoms with E-state index < -0.39 is 0 Å². The first-order valence-electron chi connectivity index (χ1n) is 6.06. The lowest BCUT2D eigenvalue weighted by atomic mass is 10.1. The van der Waals surface area contributed by atoms with Gasteiger partial charge in [0.2, 0.25) is 0 Å². The average molecular weight is 275 g/mol. The van der Waals surface area contributed by atoms with Crippen LogP contribution in [0.1, 0.15) is 22.8 Å². The lowest BCUT2D eigenvalue weighted by molar-refractivity contribution is 0.102. The molecule has 4 heteroatoms. The Morgan fingerprint density at radius 1 is 1.26 bits per heavy atom. The summed E-state index contributed by atoms with van der Waals surface area (Å²) in [6.45, 7) is 2.05. The number of nitrogen functional groups attached to an aromatic ring is 1. The fourth-order valence-electron chi connectivity index (χ4n) is 1.81. The maximum Gasteiger partial charge on any atom is 0.255 e. The highest BCUT2D eigenvalue weighted by molar-refractivity contribution is 6.33. The Kier molecular flexibility index (Phi) is 4.07. The molecule has 0 aliphatic heterocycles. The molecular weight excluding hydrogens is 260 g/mol. The fraction of sp³-hybridized carbons (Fsp3) is 0.133. The highest BCUT2D eigenvalue weighted by Gasteiger charge is 2.09. The standard InChI is InChI=1S/C15H15ClN2O/c1-2-10-5-3-4-6-14(10)18-15(19)11-7-8-13(17)12(16)9-11/h3-9H,2,17H2,1H3,(H,18,19). The van der Waals surface area contributed by atoms with Gasteiger partial charge in [-0.3, -0.25) is 4.79 Å². The third-order valence-electron chi connectivity index (χ3n) is 2.91. The van der Waals surface area contributed by atoms with E-state index in [1.165, 1.54) is 0 Å². The number of nitrogens with one attached hydrogen (secondary N) is 1. The summed E-state index contributed by atoms with van der Waals surface area (Å²) in [5, 5.41) is 3.27. The smallest absolute Gasteiger partial charge is 0.255 e. The first kappa shape index (κ1) is 13.4. The van der Waals surface area contributed by atoms with Crippen molar-refractivity contribution in [3.05, 3.63) is 58.6 Å². The Hall–Kier alpha value is -2.00. The molecule has 0 atom stereocenters. The van der Waals surface area contributed by atoms with Gasteiger partial charge in [-0.2, -0.15) is 0 Å². The first-order valence-corrected chi connectivity index (χ1v) is 6.44. The quantitative estimate of drug-likeness (QED) is 0.838. The Morgan fingerprint density at radius 3 is 2.68 bits per heavy atom. The van der Waals surface area contributed by atoms with E-state index in [9.17, 15) is 4.79 Å². The summed E-state index contributed by atoms with van der Waals surface area (Å²) < 4.78 is 0. The van der Waals surface area contributed by atoms with Crippen molar-refractivity contribution in [1.82, 2.24) is 0 Å². The van der Waals surface area contributed by atoms with E-state index in [4.69, 9.17) is 17.3 Å². The van der Waals surface area contributed by atoms with Gasteiger partial charge in [-0.05, 0) is 36.2 Å². The number of nitrogens with two attached hydrogens (primary N) is 1. The van der Waals surface area contributed by atoms with E-state index in [1.807, 2.05) is 31.2 Å². The maximum absolute atomic E-state index is 12.1. The SMILES string of the molecule is CCc1ccccc1NC(=O)c1ccc(N)c(Cl)c1. The molecule has 98 valence electrons. The molecule has 2 rings (SSSR count). The van der Waals surface area contributed by atoms with Gasteiger partial charge in [0.25, 0.3) is 5.91 Å². The van der Waals surface area contributed by atoms with Crippen LogP contribution in [0.2, 0.25) is 5.02 Å². The molecule has 0 saturated heterocycles. The number of carbonyl (C=O) groups is 1.